The quantitative estimate of drug-likeness (QED) is 0.631. The first-order valence-electron chi connectivity index (χ1n) is 7.67. The molecule has 0 saturated heterocycles. The average molecular weight is 323 g/mol. The Hall–Kier alpha value is -2.20. The van der Waals surface area contributed by atoms with Crippen molar-refractivity contribution in [3.8, 4) is 0 Å². The van der Waals surface area contributed by atoms with Gasteiger partial charge in [0.25, 0.3) is 0 Å². The smallest absolute Gasteiger partial charge is 0.168 e. The predicted molar refractivity (Wildman–Crippen MR) is 98.1 cm³/mol. The van der Waals surface area contributed by atoms with Crippen molar-refractivity contribution in [3.05, 3.63) is 78.1 Å². The molecule has 118 valence electrons. The van der Waals surface area contributed by atoms with Crippen molar-refractivity contribution in [2.45, 2.75) is 17.5 Å². The second kappa shape index (κ2) is 7.38. The number of nitrogens with zero attached hydrogens (tertiary/aromatic N) is 3. The molecule has 0 fully saturated rings. The molecule has 0 radical (unpaired) electrons. The van der Waals surface area contributed by atoms with Crippen LogP contribution in [0.25, 0.3) is 0 Å². The SMILES string of the molecule is CN(C)c1ccccc1CSc1nccn1Cc1ccccc1. The fraction of sp³-hybridized carbons (Fsp3) is 0.211. The van der Waals surface area contributed by atoms with E-state index in [1.807, 2.05) is 18.5 Å². The van der Waals surface area contributed by atoms with Crippen molar-refractivity contribution < 1.29 is 0 Å². The molecule has 0 atom stereocenters. The maximum Gasteiger partial charge on any atom is 0.168 e. The van der Waals surface area contributed by atoms with E-state index in [1.165, 1.54) is 16.8 Å². The number of benzene rings is 2. The summed E-state index contributed by atoms with van der Waals surface area (Å²) in [5.41, 5.74) is 3.89. The van der Waals surface area contributed by atoms with Crippen LogP contribution in [0.5, 0.6) is 0 Å². The average Bonchev–Trinajstić information content (AvgIpc) is 3.01. The molecule has 3 rings (SSSR count). The highest BCUT2D eigenvalue weighted by Crippen LogP contribution is 2.27. The Kier molecular flexibility index (Phi) is 5.03. The number of para-hydroxylation sites is 1. The minimum atomic E-state index is 0.860. The van der Waals surface area contributed by atoms with Crippen LogP contribution >= 0.6 is 11.8 Å². The number of aromatic nitrogens is 2. The zero-order valence-electron chi connectivity index (χ0n) is 13.5. The van der Waals surface area contributed by atoms with Crippen LogP contribution in [0.3, 0.4) is 0 Å². The summed E-state index contributed by atoms with van der Waals surface area (Å²) in [5, 5.41) is 1.06. The van der Waals surface area contributed by atoms with Gasteiger partial charge in [0, 0.05) is 44.5 Å². The number of hydrogen-bond donors (Lipinski definition) is 0. The topological polar surface area (TPSA) is 21.1 Å². The monoisotopic (exact) mass is 323 g/mol. The summed E-state index contributed by atoms with van der Waals surface area (Å²) in [5.74, 6) is 0.917. The van der Waals surface area contributed by atoms with Gasteiger partial charge in [-0.15, -0.1) is 0 Å². The van der Waals surface area contributed by atoms with Gasteiger partial charge in [-0.2, -0.15) is 0 Å². The van der Waals surface area contributed by atoms with Crippen LogP contribution < -0.4 is 4.90 Å². The maximum atomic E-state index is 4.51. The van der Waals surface area contributed by atoms with Crippen LogP contribution in [-0.4, -0.2) is 23.6 Å². The Labute approximate surface area is 142 Å². The highest BCUT2D eigenvalue weighted by Gasteiger charge is 2.08. The van der Waals surface area contributed by atoms with Crippen molar-refractivity contribution in [3.63, 3.8) is 0 Å². The molecule has 3 aromatic rings. The van der Waals surface area contributed by atoms with E-state index in [-0.39, 0.29) is 0 Å². The second-order valence-electron chi connectivity index (χ2n) is 5.64. The van der Waals surface area contributed by atoms with Crippen molar-refractivity contribution in [2.75, 3.05) is 19.0 Å². The molecular formula is C19H21N3S. The normalized spacial score (nSPS) is 10.7. The van der Waals surface area contributed by atoms with Crippen LogP contribution in [0.4, 0.5) is 5.69 Å². The summed E-state index contributed by atoms with van der Waals surface area (Å²) in [7, 11) is 4.17. The first kappa shape index (κ1) is 15.7. The zero-order valence-corrected chi connectivity index (χ0v) is 14.3. The molecular weight excluding hydrogens is 302 g/mol. The van der Waals surface area contributed by atoms with Gasteiger partial charge in [0.05, 0.1) is 0 Å². The fourth-order valence-electron chi connectivity index (χ4n) is 2.55. The number of rotatable bonds is 6. The first-order chi connectivity index (χ1) is 11.2. The Morgan fingerprint density at radius 3 is 2.52 bits per heavy atom. The van der Waals surface area contributed by atoms with E-state index in [1.54, 1.807) is 11.8 Å². The Balaban J connectivity index is 1.72. The fourth-order valence-corrected chi connectivity index (χ4v) is 3.50. The molecule has 0 saturated carbocycles. The third-order valence-electron chi connectivity index (χ3n) is 3.70. The lowest BCUT2D eigenvalue weighted by Crippen LogP contribution is -2.10. The molecule has 0 spiro atoms. The van der Waals surface area contributed by atoms with Gasteiger partial charge in [0.1, 0.15) is 0 Å². The third-order valence-corrected chi connectivity index (χ3v) is 4.76. The molecule has 0 amide bonds. The molecule has 1 aromatic heterocycles. The summed E-state index contributed by atoms with van der Waals surface area (Å²) in [6, 6.07) is 19.0. The Morgan fingerprint density at radius 2 is 1.74 bits per heavy atom. The van der Waals surface area contributed by atoms with Crippen molar-refractivity contribution in [1.29, 1.82) is 0 Å². The highest BCUT2D eigenvalue weighted by atomic mass is 32.2. The predicted octanol–water partition coefficient (Wildman–Crippen LogP) is 4.29. The van der Waals surface area contributed by atoms with Crippen LogP contribution in [0.2, 0.25) is 0 Å². The second-order valence-corrected chi connectivity index (χ2v) is 6.58. The molecule has 0 N–H and O–H groups in total. The highest BCUT2D eigenvalue weighted by molar-refractivity contribution is 7.98. The molecule has 2 aromatic carbocycles. The summed E-state index contributed by atoms with van der Waals surface area (Å²) in [6.07, 6.45) is 3.93. The van der Waals surface area contributed by atoms with Crippen molar-refractivity contribution in [2.24, 2.45) is 0 Å². The van der Waals surface area contributed by atoms with E-state index in [4.69, 9.17) is 0 Å². The zero-order chi connectivity index (χ0) is 16.1. The standard InChI is InChI=1S/C19H21N3S/c1-21(2)18-11-7-6-10-17(18)15-23-19-20-12-13-22(19)14-16-8-4-3-5-9-16/h3-13H,14-15H2,1-2H3. The van der Waals surface area contributed by atoms with E-state index in [0.717, 1.165) is 17.5 Å². The van der Waals surface area contributed by atoms with Crippen LogP contribution in [0, 0.1) is 0 Å². The maximum absolute atomic E-state index is 4.51. The lowest BCUT2D eigenvalue weighted by Gasteiger charge is -2.17. The molecule has 23 heavy (non-hydrogen) atoms. The summed E-state index contributed by atoms with van der Waals surface area (Å²) >= 11 is 1.78. The number of thioether (sulfide) groups is 1. The minimum absolute atomic E-state index is 0.860. The van der Waals surface area contributed by atoms with E-state index < -0.39 is 0 Å². The van der Waals surface area contributed by atoms with Gasteiger partial charge in [-0.1, -0.05) is 60.3 Å². The van der Waals surface area contributed by atoms with E-state index in [2.05, 4.69) is 77.1 Å². The van der Waals surface area contributed by atoms with E-state index in [9.17, 15) is 0 Å². The Morgan fingerprint density at radius 1 is 1.00 bits per heavy atom. The van der Waals surface area contributed by atoms with Gasteiger partial charge in [0.2, 0.25) is 0 Å². The van der Waals surface area contributed by atoms with Crippen LogP contribution in [0.15, 0.2) is 72.1 Å². The van der Waals surface area contributed by atoms with Gasteiger partial charge in [0.15, 0.2) is 5.16 Å². The van der Waals surface area contributed by atoms with Gasteiger partial charge in [-0.3, -0.25) is 0 Å². The van der Waals surface area contributed by atoms with Gasteiger partial charge in [-0.25, -0.2) is 4.98 Å². The number of anilines is 1. The molecule has 0 unspecified atom stereocenters. The third kappa shape index (κ3) is 3.96. The lowest BCUT2D eigenvalue weighted by molar-refractivity contribution is 0.708. The summed E-state index contributed by atoms with van der Waals surface area (Å²) < 4.78 is 2.21. The van der Waals surface area contributed by atoms with Gasteiger partial charge < -0.3 is 9.47 Å². The molecule has 0 aliphatic rings. The summed E-state index contributed by atoms with van der Waals surface area (Å²) in [4.78, 5) is 6.67. The van der Waals surface area contributed by atoms with E-state index >= 15 is 0 Å². The van der Waals surface area contributed by atoms with Crippen molar-refractivity contribution in [1.82, 2.24) is 9.55 Å². The van der Waals surface area contributed by atoms with Gasteiger partial charge in [-0.05, 0) is 17.2 Å². The molecule has 1 heterocycles. The number of hydrogen-bond acceptors (Lipinski definition) is 3. The van der Waals surface area contributed by atoms with Crippen LogP contribution in [-0.2, 0) is 12.3 Å². The first-order valence-corrected chi connectivity index (χ1v) is 8.65. The molecule has 0 bridgehead atoms. The largest absolute Gasteiger partial charge is 0.377 e. The van der Waals surface area contributed by atoms with Gasteiger partial charge >= 0.3 is 0 Å². The molecule has 0 aliphatic carbocycles. The van der Waals surface area contributed by atoms with E-state index in [0.29, 0.717) is 0 Å². The Bertz CT molecular complexity index is 750. The summed E-state index contributed by atoms with van der Waals surface area (Å²) in [6.45, 7) is 0.860. The molecule has 4 heteroatoms. The van der Waals surface area contributed by atoms with Crippen LogP contribution in [0.1, 0.15) is 11.1 Å². The minimum Gasteiger partial charge on any atom is -0.377 e. The number of imidazole rings is 1. The van der Waals surface area contributed by atoms with Crippen molar-refractivity contribution >= 4 is 17.4 Å². The molecule has 0 aliphatic heterocycles. The molecule has 3 nitrogen and oxygen atoms in total. The lowest BCUT2D eigenvalue weighted by atomic mass is 10.2.